The Balaban J connectivity index is 1.66. The number of hydrogen-bond acceptors (Lipinski definition) is 8. The molecular formula is C36H56O8. The average Bonchev–Trinajstić information content (AvgIpc) is 3.37. The molecule has 0 aromatic rings. The third-order valence-corrected chi connectivity index (χ3v) is 11.9. The Kier molecular flexibility index (Phi) is 10.0. The smallest absolute Gasteiger partial charge is 0.309 e. The lowest BCUT2D eigenvalue weighted by atomic mass is 9.59. The maximum atomic E-state index is 14.7. The van der Waals surface area contributed by atoms with E-state index in [4.69, 9.17) is 9.47 Å². The van der Waals surface area contributed by atoms with Crippen molar-refractivity contribution < 1.29 is 39.2 Å². The van der Waals surface area contributed by atoms with Gasteiger partial charge < -0.3 is 24.8 Å². The maximum absolute atomic E-state index is 14.7. The Labute approximate surface area is 263 Å². The second kappa shape index (κ2) is 12.6. The highest BCUT2D eigenvalue weighted by atomic mass is 16.6. The first-order valence-corrected chi connectivity index (χ1v) is 17.0. The molecule has 8 heteroatoms. The molecule has 248 valence electrons. The van der Waals surface area contributed by atoms with Gasteiger partial charge in [0.1, 0.15) is 30.0 Å². The molecule has 1 spiro atoms. The number of ether oxygens (including phenoxy) is 2. The maximum Gasteiger partial charge on any atom is 0.309 e. The van der Waals surface area contributed by atoms with Crippen molar-refractivity contribution in [2.45, 2.75) is 137 Å². The monoisotopic (exact) mass is 616 g/mol. The van der Waals surface area contributed by atoms with Crippen molar-refractivity contribution in [1.82, 2.24) is 0 Å². The van der Waals surface area contributed by atoms with Gasteiger partial charge in [0.2, 0.25) is 0 Å². The molecule has 0 radical (unpaired) electrons. The van der Waals surface area contributed by atoms with Crippen molar-refractivity contribution in [2.75, 3.05) is 6.61 Å². The van der Waals surface area contributed by atoms with Crippen LogP contribution in [0.2, 0.25) is 0 Å². The molecule has 2 fully saturated rings. The quantitative estimate of drug-likeness (QED) is 0.141. The van der Waals surface area contributed by atoms with Crippen LogP contribution in [0, 0.1) is 40.4 Å². The van der Waals surface area contributed by atoms with Gasteiger partial charge in [-0.05, 0) is 42.7 Å². The number of allylic oxidation sites excluding steroid dienone is 1. The number of carbonyl (C=O) groups excluding carboxylic acids is 3. The van der Waals surface area contributed by atoms with Gasteiger partial charge in [-0.3, -0.25) is 14.4 Å². The van der Waals surface area contributed by atoms with Gasteiger partial charge in [-0.1, -0.05) is 99.1 Å². The summed E-state index contributed by atoms with van der Waals surface area (Å²) in [6.07, 6.45) is 8.33. The van der Waals surface area contributed by atoms with Gasteiger partial charge in [-0.2, -0.15) is 0 Å². The second-order valence-corrected chi connectivity index (χ2v) is 15.2. The highest BCUT2D eigenvalue weighted by Gasteiger charge is 2.83. The lowest BCUT2D eigenvalue weighted by Gasteiger charge is -2.48. The predicted octanol–water partition coefficient (Wildman–Crippen LogP) is 5.46. The molecule has 3 N–H and O–H groups in total. The highest BCUT2D eigenvalue weighted by Crippen LogP contribution is 2.75. The van der Waals surface area contributed by atoms with Gasteiger partial charge in [-0.25, -0.2) is 0 Å². The van der Waals surface area contributed by atoms with Gasteiger partial charge in [0.25, 0.3) is 0 Å². The van der Waals surface area contributed by atoms with Crippen molar-refractivity contribution >= 4 is 17.7 Å². The summed E-state index contributed by atoms with van der Waals surface area (Å²) >= 11 is 0. The van der Waals surface area contributed by atoms with Crippen LogP contribution in [0.4, 0.5) is 0 Å². The summed E-state index contributed by atoms with van der Waals surface area (Å²) in [6, 6.07) is 0. The summed E-state index contributed by atoms with van der Waals surface area (Å²) in [5.74, 6) is -3.17. The van der Waals surface area contributed by atoms with Gasteiger partial charge in [0.15, 0.2) is 5.78 Å². The minimum Gasteiger partial charge on any atom is -0.461 e. The Hall–Kier alpha value is -2.03. The number of carbonyl (C=O) groups is 3. The van der Waals surface area contributed by atoms with E-state index in [-0.39, 0.29) is 35.8 Å². The number of aliphatic hydroxyl groups excluding tert-OH is 2. The van der Waals surface area contributed by atoms with Crippen molar-refractivity contribution in [1.29, 1.82) is 0 Å². The Morgan fingerprint density at radius 2 is 1.64 bits per heavy atom. The van der Waals surface area contributed by atoms with Crippen molar-refractivity contribution in [3.05, 3.63) is 23.3 Å². The lowest BCUT2D eigenvalue weighted by molar-refractivity contribution is -0.192. The first-order valence-electron chi connectivity index (χ1n) is 17.0. The zero-order chi connectivity index (χ0) is 32.8. The van der Waals surface area contributed by atoms with Gasteiger partial charge in [-0.15, -0.1) is 0 Å². The fourth-order valence-corrected chi connectivity index (χ4v) is 8.76. The molecule has 0 aliphatic heterocycles. The highest BCUT2D eigenvalue weighted by molar-refractivity contribution is 5.96. The lowest BCUT2D eigenvalue weighted by Crippen LogP contribution is -2.65. The number of unbranched alkanes of at least 4 members (excludes halogenated alkanes) is 6. The molecule has 8 nitrogen and oxygen atoms in total. The number of fused-ring (bicyclic) bond motifs is 3. The number of esters is 2. The van der Waals surface area contributed by atoms with Crippen LogP contribution in [0.3, 0.4) is 0 Å². The fraction of sp³-hybridized carbons (Fsp3) is 0.806. The number of ketones is 1. The molecule has 4 aliphatic carbocycles. The first kappa shape index (κ1) is 34.8. The van der Waals surface area contributed by atoms with E-state index in [0.29, 0.717) is 18.4 Å². The van der Waals surface area contributed by atoms with Crippen LogP contribution in [0.5, 0.6) is 0 Å². The van der Waals surface area contributed by atoms with Gasteiger partial charge in [0, 0.05) is 23.7 Å². The summed E-state index contributed by atoms with van der Waals surface area (Å²) in [5.41, 5.74) is -4.80. The van der Waals surface area contributed by atoms with Crippen LogP contribution in [0.25, 0.3) is 0 Å². The molecule has 9 atom stereocenters. The largest absolute Gasteiger partial charge is 0.461 e. The Bertz CT molecular complexity index is 1180. The summed E-state index contributed by atoms with van der Waals surface area (Å²) in [4.78, 5) is 40.8. The fourth-order valence-electron chi connectivity index (χ4n) is 8.76. The van der Waals surface area contributed by atoms with Crippen LogP contribution in [0.15, 0.2) is 23.3 Å². The molecule has 0 aromatic carbocycles. The van der Waals surface area contributed by atoms with Gasteiger partial charge >= 0.3 is 11.9 Å². The number of aliphatic hydroxyl groups is 3. The van der Waals surface area contributed by atoms with Crippen molar-refractivity contribution in [3.8, 4) is 0 Å². The van der Waals surface area contributed by atoms with E-state index in [9.17, 15) is 29.7 Å². The summed E-state index contributed by atoms with van der Waals surface area (Å²) in [5, 5.41) is 35.5. The molecular weight excluding hydrogens is 560 g/mol. The van der Waals surface area contributed by atoms with E-state index < -0.39 is 58.0 Å². The van der Waals surface area contributed by atoms with E-state index in [2.05, 4.69) is 6.92 Å². The molecule has 4 aliphatic rings. The van der Waals surface area contributed by atoms with Crippen LogP contribution in [0.1, 0.15) is 113 Å². The van der Waals surface area contributed by atoms with Crippen LogP contribution in [-0.4, -0.2) is 63.1 Å². The Morgan fingerprint density at radius 1 is 1.02 bits per heavy atom. The summed E-state index contributed by atoms with van der Waals surface area (Å²) in [7, 11) is 0. The van der Waals surface area contributed by atoms with E-state index in [1.165, 1.54) is 25.7 Å². The molecule has 3 unspecified atom stereocenters. The SMILES string of the molecule is CCCCCCCCCC(=O)O[C@@]12CC(C)C34C=C(C)[C@H](O)[C@@]3(O)[C@H](O)C(COC(=O)C(C)C(C)C)=C[C@H](C4=O)[C@@H]1C2(C)C. The molecule has 0 aromatic heterocycles. The van der Waals surface area contributed by atoms with E-state index in [0.717, 1.165) is 19.3 Å². The standard InChI is InChI=1S/C36H56O8/c1-9-10-11-12-13-14-15-16-27(37)44-35-19-23(5)34-18-22(4)29(38)36(34,42)30(39)25(20-43-32(41)24(6)21(2)3)17-26(31(34)40)28(35)33(35,7)8/h17-18,21,23-24,26,28-30,38-39,42H,9-16,19-20H2,1-8H3/t23?,24?,26-,28+,29-,30+,34?,35-,36+/m0/s1. The molecule has 4 rings (SSSR count). The van der Waals surface area contributed by atoms with E-state index >= 15 is 0 Å². The molecule has 2 bridgehead atoms. The van der Waals surface area contributed by atoms with E-state index in [1.54, 1.807) is 26.0 Å². The van der Waals surface area contributed by atoms with Crippen LogP contribution < -0.4 is 0 Å². The minimum absolute atomic E-state index is 0.0419. The number of rotatable bonds is 13. The molecule has 0 amide bonds. The predicted molar refractivity (Wildman–Crippen MR) is 167 cm³/mol. The first-order chi connectivity index (χ1) is 20.5. The molecule has 0 saturated heterocycles. The third-order valence-electron chi connectivity index (χ3n) is 11.9. The molecule has 44 heavy (non-hydrogen) atoms. The zero-order valence-corrected chi connectivity index (χ0v) is 28.2. The van der Waals surface area contributed by atoms with Crippen molar-refractivity contribution in [2.24, 2.45) is 40.4 Å². The molecule has 0 heterocycles. The summed E-state index contributed by atoms with van der Waals surface area (Å²) < 4.78 is 12.0. The minimum atomic E-state index is -2.27. The zero-order valence-electron chi connectivity index (χ0n) is 28.2. The Morgan fingerprint density at radius 3 is 2.25 bits per heavy atom. The van der Waals surface area contributed by atoms with Crippen LogP contribution >= 0.6 is 0 Å². The molecule has 2 saturated carbocycles. The van der Waals surface area contributed by atoms with Crippen LogP contribution in [-0.2, 0) is 23.9 Å². The van der Waals surface area contributed by atoms with Gasteiger partial charge in [0.05, 0.1) is 11.3 Å². The van der Waals surface area contributed by atoms with E-state index in [1.807, 2.05) is 34.6 Å². The number of Topliss-reactive ketones (excluding diaryl/α,β-unsaturated/α-hetero) is 1. The average molecular weight is 617 g/mol. The third kappa shape index (κ3) is 5.30. The topological polar surface area (TPSA) is 130 Å². The second-order valence-electron chi connectivity index (χ2n) is 15.2. The summed E-state index contributed by atoms with van der Waals surface area (Å²) in [6.45, 7) is 15.0. The number of hydrogen-bond donors (Lipinski definition) is 3. The normalized spacial score (nSPS) is 37.6. The van der Waals surface area contributed by atoms with Crippen molar-refractivity contribution in [3.63, 3.8) is 0 Å².